The fourth-order valence-corrected chi connectivity index (χ4v) is 2.92. The highest BCUT2D eigenvalue weighted by Gasteiger charge is 2.23. The van der Waals surface area contributed by atoms with Gasteiger partial charge in [-0.05, 0) is 24.5 Å². The minimum Gasteiger partial charge on any atom is -0.497 e. The van der Waals surface area contributed by atoms with Gasteiger partial charge in [-0.3, -0.25) is 4.99 Å². The Balaban J connectivity index is 1.96. The van der Waals surface area contributed by atoms with Crippen molar-refractivity contribution in [1.82, 2.24) is 9.80 Å². The second-order valence-corrected chi connectivity index (χ2v) is 6.23. The van der Waals surface area contributed by atoms with E-state index in [1.807, 2.05) is 34.3 Å². The summed E-state index contributed by atoms with van der Waals surface area (Å²) in [5.74, 6) is 2.56. The van der Waals surface area contributed by atoms with Crippen molar-refractivity contribution in [2.45, 2.75) is 6.42 Å². The molecule has 0 aliphatic carbocycles. The van der Waals surface area contributed by atoms with Crippen molar-refractivity contribution in [1.29, 1.82) is 0 Å². The number of hydrogen-bond donors (Lipinski definition) is 0. The zero-order chi connectivity index (χ0) is 16.1. The van der Waals surface area contributed by atoms with Gasteiger partial charge in [0.2, 0.25) is 0 Å². The van der Waals surface area contributed by atoms with Crippen LogP contribution in [0.4, 0.5) is 5.69 Å². The Kier molecular flexibility index (Phi) is 5.52. The first-order chi connectivity index (χ1) is 10.5. The molecule has 1 atom stereocenters. The number of methoxy groups -OCH3 is 1. The molecule has 1 aliphatic heterocycles. The Labute approximate surface area is 134 Å². The maximum atomic E-state index is 5.31. The smallest absolute Gasteiger partial charge is 0.195 e. The van der Waals surface area contributed by atoms with E-state index in [1.165, 1.54) is 12.1 Å². The summed E-state index contributed by atoms with van der Waals surface area (Å²) >= 11 is 0. The Hall–Kier alpha value is -1.91. The Bertz CT molecular complexity index is 503. The Morgan fingerprint density at radius 2 is 2.00 bits per heavy atom. The van der Waals surface area contributed by atoms with E-state index in [9.17, 15) is 0 Å². The number of anilines is 1. The van der Waals surface area contributed by atoms with Crippen LogP contribution in [-0.2, 0) is 0 Å². The maximum Gasteiger partial charge on any atom is 0.195 e. The molecule has 1 heterocycles. The number of hydrogen-bond acceptors (Lipinski definition) is 3. The highest BCUT2D eigenvalue weighted by Crippen LogP contribution is 2.27. The Morgan fingerprint density at radius 3 is 2.64 bits per heavy atom. The number of nitrogens with zero attached hydrogens (tertiary/aromatic N) is 4. The van der Waals surface area contributed by atoms with Gasteiger partial charge in [0, 0.05) is 59.6 Å². The zero-order valence-corrected chi connectivity index (χ0v) is 14.4. The van der Waals surface area contributed by atoms with Gasteiger partial charge in [-0.2, -0.15) is 0 Å². The predicted molar refractivity (Wildman–Crippen MR) is 93.0 cm³/mol. The van der Waals surface area contributed by atoms with Gasteiger partial charge >= 0.3 is 0 Å². The van der Waals surface area contributed by atoms with Crippen LogP contribution in [0.25, 0.3) is 0 Å². The molecule has 1 aromatic carbocycles. The molecule has 1 aromatic rings. The monoisotopic (exact) mass is 304 g/mol. The second kappa shape index (κ2) is 7.38. The normalized spacial score (nSPS) is 17.3. The summed E-state index contributed by atoms with van der Waals surface area (Å²) in [5, 5.41) is 0. The zero-order valence-electron chi connectivity index (χ0n) is 14.4. The van der Waals surface area contributed by atoms with Gasteiger partial charge in [0.1, 0.15) is 5.75 Å². The van der Waals surface area contributed by atoms with Crippen LogP contribution in [-0.4, -0.2) is 70.7 Å². The summed E-state index contributed by atoms with van der Waals surface area (Å²) in [6, 6.07) is 8.30. The molecule has 2 rings (SSSR count). The van der Waals surface area contributed by atoms with Crippen LogP contribution in [0.3, 0.4) is 0 Å². The van der Waals surface area contributed by atoms with E-state index in [2.05, 4.69) is 32.9 Å². The fourth-order valence-electron chi connectivity index (χ4n) is 2.92. The number of aliphatic imine (C=N–C) groups is 1. The lowest BCUT2D eigenvalue weighted by Crippen LogP contribution is -2.36. The van der Waals surface area contributed by atoms with Gasteiger partial charge in [0.05, 0.1) is 7.11 Å². The van der Waals surface area contributed by atoms with Crippen molar-refractivity contribution in [2.24, 2.45) is 10.9 Å². The lowest BCUT2D eigenvalue weighted by Gasteiger charge is -2.23. The summed E-state index contributed by atoms with van der Waals surface area (Å²) in [4.78, 5) is 11.3. The summed E-state index contributed by atoms with van der Waals surface area (Å²) in [5.41, 5.74) is 1.24. The summed E-state index contributed by atoms with van der Waals surface area (Å²) in [7, 11) is 9.86. The molecule has 1 aliphatic rings. The third-order valence-corrected chi connectivity index (χ3v) is 4.00. The van der Waals surface area contributed by atoms with Crippen LogP contribution in [0.1, 0.15) is 6.42 Å². The number of ether oxygens (including phenoxy) is 1. The highest BCUT2D eigenvalue weighted by atomic mass is 16.5. The number of rotatable bonds is 4. The molecule has 1 unspecified atom stereocenters. The minimum absolute atomic E-state index is 0.612. The maximum absolute atomic E-state index is 5.31. The lowest BCUT2D eigenvalue weighted by molar-refractivity contribution is 0.415. The topological polar surface area (TPSA) is 31.3 Å². The van der Waals surface area contributed by atoms with Crippen LogP contribution >= 0.6 is 0 Å². The molecule has 0 radical (unpaired) electrons. The molecule has 1 fully saturated rings. The Morgan fingerprint density at radius 1 is 1.27 bits per heavy atom. The molecule has 5 nitrogen and oxygen atoms in total. The van der Waals surface area contributed by atoms with Crippen molar-refractivity contribution in [3.63, 3.8) is 0 Å². The van der Waals surface area contributed by atoms with Gasteiger partial charge in [-0.15, -0.1) is 0 Å². The third kappa shape index (κ3) is 4.06. The lowest BCUT2D eigenvalue weighted by atomic mass is 10.1. The van der Waals surface area contributed by atoms with Crippen LogP contribution in [0.2, 0.25) is 0 Å². The first-order valence-electron chi connectivity index (χ1n) is 7.79. The molecule has 0 amide bonds. The van der Waals surface area contributed by atoms with Crippen molar-refractivity contribution < 1.29 is 4.74 Å². The molecular formula is C17H28N4O. The molecular weight excluding hydrogens is 276 g/mol. The van der Waals surface area contributed by atoms with Gasteiger partial charge < -0.3 is 19.4 Å². The molecule has 122 valence electrons. The van der Waals surface area contributed by atoms with Crippen molar-refractivity contribution >= 4 is 11.6 Å². The van der Waals surface area contributed by atoms with Crippen LogP contribution in [0, 0.1) is 5.92 Å². The van der Waals surface area contributed by atoms with Crippen molar-refractivity contribution in [3.05, 3.63) is 24.3 Å². The largest absolute Gasteiger partial charge is 0.497 e. The first kappa shape index (κ1) is 16.5. The molecule has 22 heavy (non-hydrogen) atoms. The summed E-state index contributed by atoms with van der Waals surface area (Å²) in [6.45, 7) is 3.03. The molecule has 0 spiro atoms. The fraction of sp³-hybridized carbons (Fsp3) is 0.588. The van der Waals surface area contributed by atoms with Crippen LogP contribution in [0.15, 0.2) is 29.3 Å². The summed E-state index contributed by atoms with van der Waals surface area (Å²) < 4.78 is 5.31. The van der Waals surface area contributed by atoms with Crippen molar-refractivity contribution in [2.75, 3.05) is 59.8 Å². The number of guanidine groups is 1. The van der Waals surface area contributed by atoms with Crippen LogP contribution < -0.4 is 9.64 Å². The second-order valence-electron chi connectivity index (χ2n) is 6.23. The van der Waals surface area contributed by atoms with E-state index in [0.29, 0.717) is 5.92 Å². The average Bonchev–Trinajstić information content (AvgIpc) is 2.95. The summed E-state index contributed by atoms with van der Waals surface area (Å²) in [6.07, 6.45) is 1.19. The van der Waals surface area contributed by atoms with Gasteiger partial charge in [0.15, 0.2) is 5.96 Å². The standard InChI is InChI=1S/C17H28N4O/c1-19(2)17(20(3)4)18-12-14-9-10-21(13-14)15-7-6-8-16(11-15)22-5/h6-8,11,14H,9-10,12-13H2,1-5H3. The molecule has 0 N–H and O–H groups in total. The van der Waals surface area contributed by atoms with E-state index in [-0.39, 0.29) is 0 Å². The molecule has 0 bridgehead atoms. The van der Waals surface area contributed by atoms with Gasteiger partial charge in [-0.25, -0.2) is 0 Å². The van der Waals surface area contributed by atoms with E-state index in [0.717, 1.165) is 31.3 Å². The quantitative estimate of drug-likeness (QED) is 0.629. The predicted octanol–water partition coefficient (Wildman–Crippen LogP) is 2.00. The van der Waals surface area contributed by atoms with Crippen molar-refractivity contribution in [3.8, 4) is 5.75 Å². The molecule has 1 saturated heterocycles. The van der Waals surface area contributed by atoms with E-state index >= 15 is 0 Å². The SMILES string of the molecule is COc1cccc(N2CCC(CN=C(N(C)C)N(C)C)C2)c1. The number of benzene rings is 1. The third-order valence-electron chi connectivity index (χ3n) is 4.00. The van der Waals surface area contributed by atoms with Gasteiger partial charge in [0.25, 0.3) is 0 Å². The van der Waals surface area contributed by atoms with E-state index in [4.69, 9.17) is 9.73 Å². The average molecular weight is 304 g/mol. The first-order valence-corrected chi connectivity index (χ1v) is 7.79. The highest BCUT2D eigenvalue weighted by molar-refractivity contribution is 5.79. The molecule has 5 heteroatoms. The van der Waals surface area contributed by atoms with E-state index < -0.39 is 0 Å². The minimum atomic E-state index is 0.612. The molecule has 0 saturated carbocycles. The molecule has 0 aromatic heterocycles. The van der Waals surface area contributed by atoms with E-state index in [1.54, 1.807) is 7.11 Å². The van der Waals surface area contributed by atoms with Crippen LogP contribution in [0.5, 0.6) is 5.75 Å². The van der Waals surface area contributed by atoms with Gasteiger partial charge in [-0.1, -0.05) is 6.07 Å².